The molecule has 0 fully saturated rings. The van der Waals surface area contributed by atoms with Crippen molar-refractivity contribution in [2.75, 3.05) is 0 Å². The average Bonchev–Trinajstić information content (AvgIpc) is 2.06. The van der Waals surface area contributed by atoms with Gasteiger partial charge in [-0.15, -0.1) is 0 Å². The monoisotopic (exact) mass is 160 g/mol. The van der Waals surface area contributed by atoms with Crippen LogP contribution in [0.4, 0.5) is 0 Å². The van der Waals surface area contributed by atoms with Crippen molar-refractivity contribution in [3.8, 4) is 0 Å². The topological polar surface area (TPSA) is 3.88 Å². The first-order chi connectivity index (χ1) is 5.97. The van der Waals surface area contributed by atoms with Gasteiger partial charge in [-0.25, -0.2) is 0 Å². The fourth-order valence-electron chi connectivity index (χ4n) is 1.59. The van der Waals surface area contributed by atoms with Crippen LogP contribution < -0.4 is 4.57 Å². The minimum atomic E-state index is 1.17. The minimum absolute atomic E-state index is 1.17. The molecule has 0 aromatic carbocycles. The van der Waals surface area contributed by atoms with E-state index in [2.05, 4.69) is 41.1 Å². The summed E-state index contributed by atoms with van der Waals surface area (Å²) in [5.41, 5.74) is 1.33. The lowest BCUT2D eigenvalue weighted by Gasteiger charge is -2.02. The van der Waals surface area contributed by atoms with Gasteiger partial charge in [0.2, 0.25) is 5.69 Å². The molecule has 0 atom stereocenters. The van der Waals surface area contributed by atoms with E-state index in [1.807, 2.05) is 0 Å². The van der Waals surface area contributed by atoms with E-state index in [1.54, 1.807) is 0 Å². The summed E-state index contributed by atoms with van der Waals surface area (Å²) < 4.78 is 2.32. The second-order valence-corrected chi connectivity index (χ2v) is 3.22. The fourth-order valence-corrected chi connectivity index (χ4v) is 1.59. The summed E-state index contributed by atoms with van der Waals surface area (Å²) in [6, 6.07) is 6.36. The molecular formula is C11H14N+. The highest BCUT2D eigenvalue weighted by molar-refractivity contribution is 5.40. The number of hydrogen-bond donors (Lipinski definition) is 0. The van der Waals surface area contributed by atoms with E-state index in [0.29, 0.717) is 0 Å². The van der Waals surface area contributed by atoms with Gasteiger partial charge in [-0.1, -0.05) is 6.08 Å². The van der Waals surface area contributed by atoms with Crippen LogP contribution >= 0.6 is 0 Å². The van der Waals surface area contributed by atoms with Gasteiger partial charge in [0.1, 0.15) is 6.54 Å². The molecule has 12 heavy (non-hydrogen) atoms. The second-order valence-electron chi connectivity index (χ2n) is 3.22. The van der Waals surface area contributed by atoms with Crippen molar-refractivity contribution in [1.29, 1.82) is 0 Å². The van der Waals surface area contributed by atoms with Crippen LogP contribution in [0.2, 0.25) is 0 Å². The third kappa shape index (κ3) is 1.55. The Morgan fingerprint density at radius 2 is 2.17 bits per heavy atom. The molecule has 1 aromatic heterocycles. The van der Waals surface area contributed by atoms with Gasteiger partial charge in [0.05, 0.1) is 0 Å². The molecule has 0 radical (unpaired) electrons. The first-order valence-electron chi connectivity index (χ1n) is 4.62. The Kier molecular flexibility index (Phi) is 2.21. The minimum Gasteiger partial charge on any atom is -0.199 e. The SMILES string of the molecule is C1=C\c2cccc[n+]2CCCC/1. The Hall–Kier alpha value is -1.11. The molecule has 2 rings (SSSR count). The lowest BCUT2D eigenvalue weighted by atomic mass is 10.1. The molecule has 0 bridgehead atoms. The number of pyridine rings is 1. The van der Waals surface area contributed by atoms with Gasteiger partial charge < -0.3 is 0 Å². The Morgan fingerprint density at radius 3 is 3.17 bits per heavy atom. The van der Waals surface area contributed by atoms with Crippen LogP contribution in [-0.2, 0) is 6.54 Å². The maximum atomic E-state index is 2.32. The molecule has 0 saturated heterocycles. The quantitative estimate of drug-likeness (QED) is 0.512. The Morgan fingerprint density at radius 1 is 1.17 bits per heavy atom. The molecule has 0 amide bonds. The summed E-state index contributed by atoms with van der Waals surface area (Å²) in [6.45, 7) is 1.17. The molecule has 1 aromatic rings. The van der Waals surface area contributed by atoms with Crippen molar-refractivity contribution < 1.29 is 4.57 Å². The van der Waals surface area contributed by atoms with Gasteiger partial charge in [0, 0.05) is 24.6 Å². The van der Waals surface area contributed by atoms with Crippen LogP contribution in [0.1, 0.15) is 25.0 Å². The maximum absolute atomic E-state index is 2.32. The normalized spacial score (nSPS) is 19.0. The Balaban J connectivity index is 2.36. The van der Waals surface area contributed by atoms with E-state index in [0.717, 1.165) is 0 Å². The van der Waals surface area contributed by atoms with Gasteiger partial charge in [0.15, 0.2) is 6.20 Å². The first-order valence-corrected chi connectivity index (χ1v) is 4.62. The molecule has 1 heteroatoms. The highest BCUT2D eigenvalue weighted by Crippen LogP contribution is 2.05. The van der Waals surface area contributed by atoms with Gasteiger partial charge >= 0.3 is 0 Å². The zero-order valence-corrected chi connectivity index (χ0v) is 7.24. The molecule has 0 unspecified atom stereocenters. The van der Waals surface area contributed by atoms with Crippen LogP contribution in [0.25, 0.3) is 6.08 Å². The number of allylic oxidation sites excluding steroid dienone is 1. The molecule has 62 valence electrons. The van der Waals surface area contributed by atoms with E-state index in [-0.39, 0.29) is 0 Å². The van der Waals surface area contributed by atoms with Crippen LogP contribution in [0, 0.1) is 0 Å². The van der Waals surface area contributed by atoms with Crippen molar-refractivity contribution in [1.82, 2.24) is 0 Å². The molecule has 0 spiro atoms. The molecule has 0 N–H and O–H groups in total. The number of fused-ring (bicyclic) bond motifs is 1. The van der Waals surface area contributed by atoms with E-state index in [9.17, 15) is 0 Å². The smallest absolute Gasteiger partial charge is 0.199 e. The molecule has 1 nitrogen and oxygen atoms in total. The Bertz CT molecular complexity index is 289. The van der Waals surface area contributed by atoms with E-state index >= 15 is 0 Å². The van der Waals surface area contributed by atoms with Crippen molar-refractivity contribution in [2.45, 2.75) is 25.8 Å². The lowest BCUT2D eigenvalue weighted by molar-refractivity contribution is -0.699. The van der Waals surface area contributed by atoms with Crippen molar-refractivity contribution in [3.05, 3.63) is 36.2 Å². The first kappa shape index (κ1) is 7.53. The van der Waals surface area contributed by atoms with Crippen molar-refractivity contribution in [3.63, 3.8) is 0 Å². The van der Waals surface area contributed by atoms with Gasteiger partial charge in [-0.2, -0.15) is 4.57 Å². The molecule has 1 aliphatic heterocycles. The summed E-state index contributed by atoms with van der Waals surface area (Å²) in [5, 5.41) is 0. The maximum Gasteiger partial charge on any atom is 0.204 e. The molecule has 0 saturated carbocycles. The second kappa shape index (κ2) is 3.53. The van der Waals surface area contributed by atoms with Gasteiger partial charge in [-0.05, 0) is 18.9 Å². The Labute approximate surface area is 73.4 Å². The molecule has 0 aliphatic carbocycles. The van der Waals surface area contributed by atoms with E-state index in [1.165, 1.54) is 31.5 Å². The third-order valence-electron chi connectivity index (χ3n) is 2.28. The standard InChI is InChI=1S/C11H14N/c1-2-5-9-12-10-6-4-8-11(12)7-3-1/h3-4,6-8,10H,1-2,5,9H2/q+1/b7-3-. The third-order valence-corrected chi connectivity index (χ3v) is 2.28. The summed E-state index contributed by atoms with van der Waals surface area (Å²) in [6.07, 6.45) is 10.5. The van der Waals surface area contributed by atoms with Crippen molar-refractivity contribution in [2.24, 2.45) is 0 Å². The zero-order chi connectivity index (χ0) is 8.23. The van der Waals surface area contributed by atoms with Crippen molar-refractivity contribution >= 4 is 6.08 Å². The van der Waals surface area contributed by atoms with Gasteiger partial charge in [-0.3, -0.25) is 0 Å². The number of aryl methyl sites for hydroxylation is 1. The number of nitrogens with zero attached hydrogens (tertiary/aromatic N) is 1. The zero-order valence-electron chi connectivity index (χ0n) is 7.24. The van der Waals surface area contributed by atoms with E-state index in [4.69, 9.17) is 0 Å². The van der Waals surface area contributed by atoms with Crippen LogP contribution in [0.3, 0.4) is 0 Å². The highest BCUT2D eigenvalue weighted by Gasteiger charge is 2.06. The summed E-state index contributed by atoms with van der Waals surface area (Å²) >= 11 is 0. The van der Waals surface area contributed by atoms with Crippen LogP contribution in [0.15, 0.2) is 30.5 Å². The van der Waals surface area contributed by atoms with Gasteiger partial charge in [0.25, 0.3) is 0 Å². The molecule has 2 heterocycles. The average molecular weight is 160 g/mol. The largest absolute Gasteiger partial charge is 0.204 e. The van der Waals surface area contributed by atoms with Crippen LogP contribution in [-0.4, -0.2) is 0 Å². The predicted octanol–water partition coefficient (Wildman–Crippen LogP) is 2.17. The summed E-state index contributed by atoms with van der Waals surface area (Å²) in [7, 11) is 0. The van der Waals surface area contributed by atoms with Crippen LogP contribution in [0.5, 0.6) is 0 Å². The highest BCUT2D eigenvalue weighted by atomic mass is 14.9. The lowest BCUT2D eigenvalue weighted by Crippen LogP contribution is -2.36. The number of hydrogen-bond acceptors (Lipinski definition) is 0. The van der Waals surface area contributed by atoms with E-state index < -0.39 is 0 Å². The number of rotatable bonds is 0. The number of aromatic nitrogens is 1. The molecular weight excluding hydrogens is 146 g/mol. The predicted molar refractivity (Wildman–Crippen MR) is 49.5 cm³/mol. The summed E-state index contributed by atoms with van der Waals surface area (Å²) in [4.78, 5) is 0. The summed E-state index contributed by atoms with van der Waals surface area (Å²) in [5.74, 6) is 0. The fraction of sp³-hybridized carbons (Fsp3) is 0.364. The molecule has 1 aliphatic rings.